The Balaban J connectivity index is 2.52. The van der Waals surface area contributed by atoms with Gasteiger partial charge in [0.2, 0.25) is 0 Å². The van der Waals surface area contributed by atoms with Gasteiger partial charge in [-0.15, -0.1) is 10.2 Å². The first kappa shape index (κ1) is 14.0. The van der Waals surface area contributed by atoms with Gasteiger partial charge in [0, 0.05) is 12.1 Å². The van der Waals surface area contributed by atoms with Crippen LogP contribution < -0.4 is 5.73 Å². The second kappa shape index (κ2) is 5.67. The highest BCUT2D eigenvalue weighted by Crippen LogP contribution is 2.28. The molecule has 1 aromatic carbocycles. The van der Waals surface area contributed by atoms with Crippen LogP contribution in [0, 0.1) is 11.7 Å². The summed E-state index contributed by atoms with van der Waals surface area (Å²) in [6.07, 6.45) is 0. The Morgan fingerprint density at radius 2 is 2.11 bits per heavy atom. The molecule has 0 saturated carbocycles. The molecule has 4 nitrogen and oxygen atoms in total. The lowest BCUT2D eigenvalue weighted by Crippen LogP contribution is -2.13. The Bertz CT molecular complexity index is 580. The molecule has 0 atom stereocenters. The average molecular weight is 283 g/mol. The van der Waals surface area contributed by atoms with Crippen molar-refractivity contribution in [3.8, 4) is 11.4 Å². The molecule has 0 aliphatic heterocycles. The van der Waals surface area contributed by atoms with E-state index in [1.54, 1.807) is 6.07 Å². The summed E-state index contributed by atoms with van der Waals surface area (Å²) in [4.78, 5) is 0. The molecule has 0 unspecified atom stereocenters. The van der Waals surface area contributed by atoms with Crippen LogP contribution in [0.3, 0.4) is 0 Å². The van der Waals surface area contributed by atoms with Crippen molar-refractivity contribution < 1.29 is 4.39 Å². The predicted octanol–water partition coefficient (Wildman–Crippen LogP) is 2.85. The summed E-state index contributed by atoms with van der Waals surface area (Å²) in [5.74, 6) is 1.37. The van der Waals surface area contributed by atoms with Gasteiger partial charge in [0.15, 0.2) is 5.82 Å². The summed E-state index contributed by atoms with van der Waals surface area (Å²) in [6, 6.07) is 4.24. The highest BCUT2D eigenvalue weighted by Gasteiger charge is 2.16. The number of halogens is 2. The van der Waals surface area contributed by atoms with E-state index >= 15 is 0 Å². The van der Waals surface area contributed by atoms with Gasteiger partial charge in [-0.25, -0.2) is 4.39 Å². The number of benzene rings is 1. The Morgan fingerprint density at radius 3 is 2.68 bits per heavy atom. The minimum Gasteiger partial charge on any atom is -0.324 e. The van der Waals surface area contributed by atoms with Crippen LogP contribution in [0.2, 0.25) is 5.02 Å². The highest BCUT2D eigenvalue weighted by molar-refractivity contribution is 6.33. The molecule has 6 heteroatoms. The van der Waals surface area contributed by atoms with Crippen LogP contribution in [0.1, 0.15) is 19.7 Å². The topological polar surface area (TPSA) is 56.7 Å². The average Bonchev–Trinajstić information content (AvgIpc) is 2.71. The fraction of sp³-hybridized carbons (Fsp3) is 0.385. The molecule has 0 bridgehead atoms. The first-order valence-electron chi connectivity index (χ1n) is 6.10. The number of hydrogen-bond donors (Lipinski definition) is 1. The van der Waals surface area contributed by atoms with E-state index in [0.717, 1.165) is 6.54 Å². The van der Waals surface area contributed by atoms with Crippen molar-refractivity contribution in [2.45, 2.75) is 26.9 Å². The number of nitrogens with zero attached hydrogens (tertiary/aromatic N) is 3. The molecule has 1 aromatic heterocycles. The lowest BCUT2D eigenvalue weighted by Gasteiger charge is -2.12. The SMILES string of the molecule is CC(C)Cn1c(CN)nnc1-c1ccc(F)cc1Cl. The summed E-state index contributed by atoms with van der Waals surface area (Å²) in [5.41, 5.74) is 6.33. The molecule has 0 fully saturated rings. The molecule has 0 amide bonds. The Morgan fingerprint density at radius 1 is 1.37 bits per heavy atom. The van der Waals surface area contributed by atoms with Crippen molar-refractivity contribution in [3.63, 3.8) is 0 Å². The third-order valence-electron chi connectivity index (χ3n) is 2.73. The van der Waals surface area contributed by atoms with E-state index in [-0.39, 0.29) is 5.82 Å². The molecule has 2 N–H and O–H groups in total. The molecule has 2 aromatic rings. The van der Waals surface area contributed by atoms with Crippen LogP contribution in [-0.4, -0.2) is 14.8 Å². The molecule has 0 aliphatic carbocycles. The van der Waals surface area contributed by atoms with Crippen LogP contribution in [0.15, 0.2) is 18.2 Å². The molecule has 0 saturated heterocycles. The number of rotatable bonds is 4. The summed E-state index contributed by atoms with van der Waals surface area (Å²) >= 11 is 6.07. The third-order valence-corrected chi connectivity index (χ3v) is 3.04. The van der Waals surface area contributed by atoms with E-state index in [9.17, 15) is 4.39 Å². The zero-order valence-electron chi connectivity index (χ0n) is 10.9. The highest BCUT2D eigenvalue weighted by atomic mass is 35.5. The van der Waals surface area contributed by atoms with E-state index in [4.69, 9.17) is 17.3 Å². The molecule has 2 rings (SSSR count). The fourth-order valence-corrected chi connectivity index (χ4v) is 2.17. The minimum absolute atomic E-state index is 0.304. The van der Waals surface area contributed by atoms with Gasteiger partial charge in [0.05, 0.1) is 11.6 Å². The van der Waals surface area contributed by atoms with Gasteiger partial charge >= 0.3 is 0 Å². The van der Waals surface area contributed by atoms with Crippen molar-refractivity contribution in [1.29, 1.82) is 0 Å². The normalized spacial score (nSPS) is 11.3. The Labute approximate surface area is 116 Å². The van der Waals surface area contributed by atoms with E-state index in [1.165, 1.54) is 12.1 Å². The van der Waals surface area contributed by atoms with Crippen LogP contribution in [0.25, 0.3) is 11.4 Å². The van der Waals surface area contributed by atoms with Gasteiger partial charge in [-0.1, -0.05) is 25.4 Å². The van der Waals surface area contributed by atoms with Crippen molar-refractivity contribution >= 4 is 11.6 Å². The molecule has 0 aliphatic rings. The Kier molecular flexibility index (Phi) is 4.17. The summed E-state index contributed by atoms with van der Waals surface area (Å²) in [6.45, 7) is 5.23. The maximum atomic E-state index is 13.1. The van der Waals surface area contributed by atoms with Gasteiger partial charge in [0.1, 0.15) is 11.6 Å². The first-order chi connectivity index (χ1) is 9.02. The third kappa shape index (κ3) is 2.93. The second-order valence-corrected chi connectivity index (χ2v) is 5.18. The van der Waals surface area contributed by atoms with E-state index in [1.807, 2.05) is 4.57 Å². The van der Waals surface area contributed by atoms with E-state index in [2.05, 4.69) is 24.0 Å². The lowest BCUT2D eigenvalue weighted by atomic mass is 10.2. The maximum absolute atomic E-state index is 13.1. The molecule has 0 radical (unpaired) electrons. The van der Waals surface area contributed by atoms with Crippen LogP contribution >= 0.6 is 11.6 Å². The number of nitrogens with two attached hydrogens (primary N) is 1. The zero-order valence-corrected chi connectivity index (χ0v) is 11.7. The number of hydrogen-bond acceptors (Lipinski definition) is 3. The van der Waals surface area contributed by atoms with Crippen molar-refractivity contribution in [2.24, 2.45) is 11.7 Å². The molecular formula is C13H16ClFN4. The van der Waals surface area contributed by atoms with Gasteiger partial charge < -0.3 is 10.3 Å². The largest absolute Gasteiger partial charge is 0.324 e. The second-order valence-electron chi connectivity index (χ2n) is 4.77. The van der Waals surface area contributed by atoms with Crippen molar-refractivity contribution in [1.82, 2.24) is 14.8 Å². The quantitative estimate of drug-likeness (QED) is 0.938. The van der Waals surface area contributed by atoms with Gasteiger partial charge in [0.25, 0.3) is 0 Å². The lowest BCUT2D eigenvalue weighted by molar-refractivity contribution is 0.510. The summed E-state index contributed by atoms with van der Waals surface area (Å²) in [7, 11) is 0. The summed E-state index contributed by atoms with van der Waals surface area (Å²) < 4.78 is 15.0. The smallest absolute Gasteiger partial charge is 0.165 e. The number of aromatic nitrogens is 3. The van der Waals surface area contributed by atoms with Gasteiger partial charge in [-0.2, -0.15) is 0 Å². The molecular weight excluding hydrogens is 267 g/mol. The summed E-state index contributed by atoms with van der Waals surface area (Å²) in [5, 5.41) is 8.51. The minimum atomic E-state index is -0.372. The molecule has 1 heterocycles. The van der Waals surface area contributed by atoms with E-state index in [0.29, 0.717) is 34.7 Å². The predicted molar refractivity (Wildman–Crippen MR) is 73.2 cm³/mol. The van der Waals surface area contributed by atoms with Crippen molar-refractivity contribution in [2.75, 3.05) is 0 Å². The van der Waals surface area contributed by atoms with Crippen LogP contribution in [-0.2, 0) is 13.1 Å². The van der Waals surface area contributed by atoms with Gasteiger partial charge in [-0.05, 0) is 24.1 Å². The van der Waals surface area contributed by atoms with Crippen molar-refractivity contribution in [3.05, 3.63) is 34.9 Å². The van der Waals surface area contributed by atoms with E-state index < -0.39 is 0 Å². The standard InChI is InChI=1S/C13H16ClFN4/c1-8(2)7-19-12(6-16)17-18-13(19)10-4-3-9(15)5-11(10)14/h3-5,8H,6-7,16H2,1-2H3. The van der Waals surface area contributed by atoms with Crippen LogP contribution in [0.4, 0.5) is 4.39 Å². The maximum Gasteiger partial charge on any atom is 0.165 e. The Hall–Kier alpha value is -1.46. The molecule has 102 valence electrons. The molecule has 0 spiro atoms. The van der Waals surface area contributed by atoms with Crippen LogP contribution in [0.5, 0.6) is 0 Å². The monoisotopic (exact) mass is 282 g/mol. The zero-order chi connectivity index (χ0) is 14.0. The molecule has 19 heavy (non-hydrogen) atoms. The fourth-order valence-electron chi connectivity index (χ4n) is 1.91. The van der Waals surface area contributed by atoms with Gasteiger partial charge in [-0.3, -0.25) is 0 Å². The first-order valence-corrected chi connectivity index (χ1v) is 6.48.